The van der Waals surface area contributed by atoms with Crippen molar-refractivity contribution in [2.24, 2.45) is 0 Å². The van der Waals surface area contributed by atoms with E-state index < -0.39 is 0 Å². The van der Waals surface area contributed by atoms with E-state index in [2.05, 4.69) is 29.0 Å². The Kier molecular flexibility index (Phi) is 5.13. The van der Waals surface area contributed by atoms with E-state index in [0.717, 1.165) is 12.0 Å². The number of methoxy groups -OCH3 is 1. The van der Waals surface area contributed by atoms with Crippen molar-refractivity contribution >= 4 is 12.0 Å². The van der Waals surface area contributed by atoms with E-state index in [1.54, 1.807) is 0 Å². The van der Waals surface area contributed by atoms with Gasteiger partial charge in [-0.15, -0.1) is 0 Å². The smallest absolute Gasteiger partial charge is 0.309 e. The van der Waals surface area contributed by atoms with Crippen LogP contribution in [0.25, 0.3) is 6.08 Å². The zero-order chi connectivity index (χ0) is 14.2. The third-order valence-corrected chi connectivity index (χ3v) is 3.06. The molecule has 2 nitrogen and oxygen atoms in total. The number of allylic oxidation sites excluding steroid dienone is 1. The van der Waals surface area contributed by atoms with E-state index in [-0.39, 0.29) is 5.97 Å². The van der Waals surface area contributed by atoms with Crippen LogP contribution >= 0.6 is 0 Å². The summed E-state index contributed by atoms with van der Waals surface area (Å²) in [6.45, 7) is 0. The van der Waals surface area contributed by atoms with Gasteiger partial charge in [-0.1, -0.05) is 66.7 Å². The molecule has 0 amide bonds. The van der Waals surface area contributed by atoms with Gasteiger partial charge in [-0.05, 0) is 23.1 Å². The molecule has 0 unspecified atom stereocenters. The second-order valence-electron chi connectivity index (χ2n) is 4.59. The number of carbonyl (C=O) groups is 1. The second kappa shape index (κ2) is 7.29. The first kappa shape index (κ1) is 14.1. The summed E-state index contributed by atoms with van der Waals surface area (Å²) >= 11 is 0. The molecule has 0 aliphatic rings. The fourth-order valence-corrected chi connectivity index (χ4v) is 1.93. The Bertz CT molecular complexity index is 568. The maximum Gasteiger partial charge on any atom is 0.309 e. The zero-order valence-electron chi connectivity index (χ0n) is 11.6. The van der Waals surface area contributed by atoms with Gasteiger partial charge >= 0.3 is 5.97 Å². The number of rotatable bonds is 5. The Labute approximate surface area is 119 Å². The van der Waals surface area contributed by atoms with Gasteiger partial charge in [-0.3, -0.25) is 4.79 Å². The van der Waals surface area contributed by atoms with Gasteiger partial charge in [0.1, 0.15) is 0 Å². The molecule has 0 saturated heterocycles. The molecule has 0 radical (unpaired) electrons. The van der Waals surface area contributed by atoms with Gasteiger partial charge in [0.2, 0.25) is 0 Å². The summed E-state index contributed by atoms with van der Waals surface area (Å²) in [4.78, 5) is 11.2. The van der Waals surface area contributed by atoms with Gasteiger partial charge in [0.05, 0.1) is 13.5 Å². The quantitative estimate of drug-likeness (QED) is 0.772. The number of hydrogen-bond donors (Lipinski definition) is 0. The van der Waals surface area contributed by atoms with Crippen molar-refractivity contribution in [3.8, 4) is 0 Å². The standard InChI is InChI=1S/C18H18O2/c1-20-18(19)14-17-12-10-16(11-13-17)9-5-8-15-6-3-2-4-7-15/h2-8,10-13H,9,14H2,1H3/b8-5+. The summed E-state index contributed by atoms with van der Waals surface area (Å²) in [6, 6.07) is 18.3. The molecule has 2 heteroatoms. The molecule has 0 saturated carbocycles. The molecule has 2 rings (SSSR count). The van der Waals surface area contributed by atoms with E-state index >= 15 is 0 Å². The van der Waals surface area contributed by atoms with Crippen molar-refractivity contribution in [3.05, 3.63) is 77.4 Å². The van der Waals surface area contributed by atoms with E-state index in [9.17, 15) is 4.79 Å². The van der Waals surface area contributed by atoms with E-state index in [4.69, 9.17) is 0 Å². The number of hydrogen-bond acceptors (Lipinski definition) is 2. The summed E-state index contributed by atoms with van der Waals surface area (Å²) in [6.07, 6.45) is 5.47. The maximum atomic E-state index is 11.2. The molecular formula is C18H18O2. The molecule has 0 fully saturated rings. The molecule has 0 atom stereocenters. The third-order valence-electron chi connectivity index (χ3n) is 3.06. The number of carbonyl (C=O) groups excluding carboxylic acids is 1. The van der Waals surface area contributed by atoms with Gasteiger partial charge in [-0.2, -0.15) is 0 Å². The molecule has 102 valence electrons. The molecule has 0 spiro atoms. The van der Waals surface area contributed by atoms with Crippen LogP contribution in [0.15, 0.2) is 60.7 Å². The lowest BCUT2D eigenvalue weighted by atomic mass is 10.1. The van der Waals surface area contributed by atoms with Crippen molar-refractivity contribution < 1.29 is 9.53 Å². The van der Waals surface area contributed by atoms with Crippen molar-refractivity contribution in [1.29, 1.82) is 0 Å². The van der Waals surface area contributed by atoms with E-state index in [0.29, 0.717) is 6.42 Å². The van der Waals surface area contributed by atoms with Crippen LogP contribution in [0.4, 0.5) is 0 Å². The van der Waals surface area contributed by atoms with Crippen LogP contribution in [-0.4, -0.2) is 13.1 Å². The first-order valence-corrected chi connectivity index (χ1v) is 6.64. The van der Waals surface area contributed by atoms with Crippen molar-refractivity contribution in [3.63, 3.8) is 0 Å². The predicted octanol–water partition coefficient (Wildman–Crippen LogP) is 3.66. The molecule has 0 aliphatic carbocycles. The maximum absolute atomic E-state index is 11.2. The van der Waals surface area contributed by atoms with Gasteiger partial charge in [0.25, 0.3) is 0 Å². The molecule has 0 N–H and O–H groups in total. The Morgan fingerprint density at radius 1 is 1.00 bits per heavy atom. The number of ether oxygens (including phenoxy) is 1. The fourth-order valence-electron chi connectivity index (χ4n) is 1.93. The molecule has 0 aliphatic heterocycles. The van der Waals surface area contributed by atoms with Gasteiger partial charge in [0.15, 0.2) is 0 Å². The minimum atomic E-state index is -0.207. The Morgan fingerprint density at radius 3 is 2.30 bits per heavy atom. The molecule has 0 aromatic heterocycles. The summed E-state index contributed by atoms with van der Waals surface area (Å²) in [5, 5.41) is 0. The zero-order valence-corrected chi connectivity index (χ0v) is 11.6. The topological polar surface area (TPSA) is 26.3 Å². The fraction of sp³-hybridized carbons (Fsp3) is 0.167. The van der Waals surface area contributed by atoms with E-state index in [1.165, 1.54) is 18.2 Å². The lowest BCUT2D eigenvalue weighted by Gasteiger charge is -2.01. The molecule has 0 bridgehead atoms. The lowest BCUT2D eigenvalue weighted by molar-refractivity contribution is -0.139. The highest BCUT2D eigenvalue weighted by Crippen LogP contribution is 2.08. The summed E-state index contributed by atoms with van der Waals surface area (Å²) in [5.41, 5.74) is 3.41. The van der Waals surface area contributed by atoms with Crippen molar-refractivity contribution in [1.82, 2.24) is 0 Å². The first-order valence-electron chi connectivity index (χ1n) is 6.64. The molecule has 0 heterocycles. The Balaban J connectivity index is 1.91. The highest BCUT2D eigenvalue weighted by atomic mass is 16.5. The van der Waals surface area contributed by atoms with Crippen LogP contribution in [0.2, 0.25) is 0 Å². The van der Waals surface area contributed by atoms with Crippen LogP contribution in [0.3, 0.4) is 0 Å². The largest absolute Gasteiger partial charge is 0.469 e. The molecule has 2 aromatic carbocycles. The summed E-state index contributed by atoms with van der Waals surface area (Å²) in [5.74, 6) is -0.207. The molecule has 20 heavy (non-hydrogen) atoms. The molecule has 2 aromatic rings. The minimum Gasteiger partial charge on any atom is -0.469 e. The van der Waals surface area contributed by atoms with Gasteiger partial charge < -0.3 is 4.74 Å². The molecular weight excluding hydrogens is 248 g/mol. The van der Waals surface area contributed by atoms with Crippen LogP contribution in [0, 0.1) is 0 Å². The second-order valence-corrected chi connectivity index (χ2v) is 4.59. The highest BCUT2D eigenvalue weighted by molar-refractivity contribution is 5.72. The van der Waals surface area contributed by atoms with Crippen molar-refractivity contribution in [2.45, 2.75) is 12.8 Å². The highest BCUT2D eigenvalue weighted by Gasteiger charge is 2.01. The summed E-state index contributed by atoms with van der Waals surface area (Å²) in [7, 11) is 1.41. The number of benzene rings is 2. The van der Waals surface area contributed by atoms with Gasteiger partial charge in [0, 0.05) is 0 Å². The Morgan fingerprint density at radius 2 is 1.65 bits per heavy atom. The number of esters is 1. The summed E-state index contributed by atoms with van der Waals surface area (Å²) < 4.78 is 4.65. The Hall–Kier alpha value is -2.35. The van der Waals surface area contributed by atoms with E-state index in [1.807, 2.05) is 42.5 Å². The first-order chi connectivity index (χ1) is 9.78. The monoisotopic (exact) mass is 266 g/mol. The SMILES string of the molecule is COC(=O)Cc1ccc(C/C=C/c2ccccc2)cc1. The van der Waals surface area contributed by atoms with Gasteiger partial charge in [-0.25, -0.2) is 0 Å². The lowest BCUT2D eigenvalue weighted by Crippen LogP contribution is -2.04. The average molecular weight is 266 g/mol. The van der Waals surface area contributed by atoms with Crippen molar-refractivity contribution in [2.75, 3.05) is 7.11 Å². The minimum absolute atomic E-state index is 0.207. The average Bonchev–Trinajstić information content (AvgIpc) is 2.50. The van der Waals surface area contributed by atoms with Crippen LogP contribution in [0.1, 0.15) is 16.7 Å². The third kappa shape index (κ3) is 4.39. The predicted molar refractivity (Wildman–Crippen MR) is 81.3 cm³/mol. The van der Waals surface area contributed by atoms with Crippen LogP contribution in [-0.2, 0) is 22.4 Å². The van der Waals surface area contributed by atoms with Crippen LogP contribution in [0.5, 0.6) is 0 Å². The van der Waals surface area contributed by atoms with Crippen LogP contribution < -0.4 is 0 Å². The normalized spacial score (nSPS) is 10.7.